The Bertz CT molecular complexity index is 582. The van der Waals surface area contributed by atoms with Crippen LogP contribution in [0, 0.1) is 0 Å². The van der Waals surface area contributed by atoms with E-state index in [1.54, 1.807) is 14.2 Å². The van der Waals surface area contributed by atoms with Crippen molar-refractivity contribution in [3.8, 4) is 17.2 Å². The zero-order chi connectivity index (χ0) is 15.2. The summed E-state index contributed by atoms with van der Waals surface area (Å²) in [6, 6.07) is 13.5. The van der Waals surface area contributed by atoms with Gasteiger partial charge >= 0.3 is 0 Å². The highest BCUT2D eigenvalue weighted by molar-refractivity contribution is 5.51. The van der Waals surface area contributed by atoms with Gasteiger partial charge in [-0.05, 0) is 18.6 Å². The summed E-state index contributed by atoms with van der Waals surface area (Å²) < 4.78 is 16.5. The van der Waals surface area contributed by atoms with Crippen LogP contribution in [-0.4, -0.2) is 14.2 Å². The van der Waals surface area contributed by atoms with Gasteiger partial charge in [0.2, 0.25) is 0 Å². The summed E-state index contributed by atoms with van der Waals surface area (Å²) in [6.45, 7) is 2.40. The molecule has 0 aromatic heterocycles. The van der Waals surface area contributed by atoms with E-state index in [1.165, 1.54) is 0 Å². The van der Waals surface area contributed by atoms with Crippen LogP contribution >= 0.6 is 0 Å². The van der Waals surface area contributed by atoms with Crippen LogP contribution < -0.4 is 19.9 Å². The lowest BCUT2D eigenvalue weighted by Gasteiger charge is -2.17. The van der Waals surface area contributed by atoms with Crippen molar-refractivity contribution in [2.24, 2.45) is 5.73 Å². The Balaban J connectivity index is 2.28. The molecule has 0 heterocycles. The summed E-state index contributed by atoms with van der Waals surface area (Å²) in [5, 5.41) is 0. The Morgan fingerprint density at radius 1 is 0.952 bits per heavy atom. The molecule has 2 aromatic carbocycles. The van der Waals surface area contributed by atoms with Gasteiger partial charge in [-0.25, -0.2) is 0 Å². The summed E-state index contributed by atoms with van der Waals surface area (Å²) in [4.78, 5) is 0. The van der Waals surface area contributed by atoms with Crippen molar-refractivity contribution in [2.75, 3.05) is 14.2 Å². The molecule has 2 aromatic rings. The van der Waals surface area contributed by atoms with E-state index in [0.29, 0.717) is 23.9 Å². The molecule has 0 unspecified atom stereocenters. The lowest BCUT2D eigenvalue weighted by molar-refractivity contribution is 0.295. The maximum Gasteiger partial charge on any atom is 0.164 e. The van der Waals surface area contributed by atoms with Gasteiger partial charge in [0.1, 0.15) is 12.4 Å². The van der Waals surface area contributed by atoms with Crippen molar-refractivity contribution in [1.82, 2.24) is 0 Å². The van der Waals surface area contributed by atoms with Gasteiger partial charge in [-0.2, -0.15) is 0 Å². The first-order chi connectivity index (χ1) is 10.2. The van der Waals surface area contributed by atoms with Crippen molar-refractivity contribution in [2.45, 2.75) is 19.6 Å². The number of benzene rings is 2. The molecule has 0 aliphatic heterocycles. The number of hydrogen-bond donors (Lipinski definition) is 1. The van der Waals surface area contributed by atoms with E-state index in [9.17, 15) is 0 Å². The lowest BCUT2D eigenvalue weighted by Crippen LogP contribution is -2.09. The average molecular weight is 287 g/mol. The smallest absolute Gasteiger partial charge is 0.164 e. The second kappa shape index (κ2) is 6.99. The van der Waals surface area contributed by atoms with Gasteiger partial charge in [0.05, 0.1) is 14.2 Å². The number of rotatable bonds is 6. The van der Waals surface area contributed by atoms with Gasteiger partial charge in [-0.15, -0.1) is 0 Å². The summed E-state index contributed by atoms with van der Waals surface area (Å²) in [5.74, 6) is 1.99. The molecule has 4 nitrogen and oxygen atoms in total. The molecular weight excluding hydrogens is 266 g/mol. The zero-order valence-corrected chi connectivity index (χ0v) is 12.6. The molecule has 0 saturated heterocycles. The molecular formula is C17H21NO3. The molecule has 112 valence electrons. The third-order valence-corrected chi connectivity index (χ3v) is 3.24. The van der Waals surface area contributed by atoms with Gasteiger partial charge in [-0.3, -0.25) is 0 Å². The van der Waals surface area contributed by atoms with Crippen molar-refractivity contribution in [3.63, 3.8) is 0 Å². The number of hydrogen-bond acceptors (Lipinski definition) is 4. The fourth-order valence-electron chi connectivity index (χ4n) is 2.09. The van der Waals surface area contributed by atoms with Crippen molar-refractivity contribution in [1.29, 1.82) is 0 Å². The lowest BCUT2D eigenvalue weighted by atomic mass is 10.1. The highest BCUT2D eigenvalue weighted by atomic mass is 16.5. The summed E-state index contributed by atoms with van der Waals surface area (Å²) in [6.07, 6.45) is 0. The van der Waals surface area contributed by atoms with Gasteiger partial charge in [0.25, 0.3) is 0 Å². The first kappa shape index (κ1) is 15.2. The second-order valence-corrected chi connectivity index (χ2v) is 4.81. The van der Waals surface area contributed by atoms with Crippen molar-refractivity contribution >= 4 is 0 Å². The molecule has 21 heavy (non-hydrogen) atoms. The Morgan fingerprint density at radius 3 is 2.14 bits per heavy atom. The molecule has 0 fully saturated rings. The zero-order valence-electron chi connectivity index (χ0n) is 12.6. The van der Waals surface area contributed by atoms with Crippen LogP contribution in [0.15, 0.2) is 42.5 Å². The minimum Gasteiger partial charge on any atom is -0.493 e. The first-order valence-corrected chi connectivity index (χ1v) is 6.84. The summed E-state index contributed by atoms with van der Waals surface area (Å²) >= 11 is 0. The minimum absolute atomic E-state index is 0.157. The fourth-order valence-corrected chi connectivity index (χ4v) is 2.09. The molecule has 0 amide bonds. The van der Waals surface area contributed by atoms with E-state index in [4.69, 9.17) is 19.9 Å². The molecule has 0 aliphatic carbocycles. The van der Waals surface area contributed by atoms with Crippen LogP contribution in [0.2, 0.25) is 0 Å². The molecule has 0 aliphatic rings. The first-order valence-electron chi connectivity index (χ1n) is 6.84. The molecule has 1 atom stereocenters. The highest BCUT2D eigenvalue weighted by Crippen LogP contribution is 2.37. The third kappa shape index (κ3) is 3.67. The van der Waals surface area contributed by atoms with Gasteiger partial charge in [0, 0.05) is 17.7 Å². The van der Waals surface area contributed by atoms with Crippen LogP contribution in [0.5, 0.6) is 17.2 Å². The maximum absolute atomic E-state index is 6.02. The van der Waals surface area contributed by atoms with Crippen LogP contribution in [0.25, 0.3) is 0 Å². The average Bonchev–Trinajstić information content (AvgIpc) is 2.52. The summed E-state index contributed by atoms with van der Waals surface area (Å²) in [7, 11) is 3.21. The van der Waals surface area contributed by atoms with Crippen LogP contribution in [-0.2, 0) is 6.61 Å². The van der Waals surface area contributed by atoms with Gasteiger partial charge in [0.15, 0.2) is 11.5 Å². The van der Waals surface area contributed by atoms with E-state index in [2.05, 4.69) is 0 Å². The molecule has 4 heteroatoms. The standard InChI is InChI=1S/C17H21NO3/c1-12(18)14-9-16(19-2)17(20-3)10-15(14)21-11-13-7-5-4-6-8-13/h4-10,12H,11,18H2,1-3H3/t12-/m0/s1. The monoisotopic (exact) mass is 287 g/mol. The van der Waals surface area contributed by atoms with Crippen LogP contribution in [0.1, 0.15) is 24.1 Å². The molecule has 0 spiro atoms. The van der Waals surface area contributed by atoms with Gasteiger partial charge < -0.3 is 19.9 Å². The number of nitrogens with two attached hydrogens (primary N) is 1. The predicted molar refractivity (Wildman–Crippen MR) is 82.9 cm³/mol. The molecule has 0 radical (unpaired) electrons. The highest BCUT2D eigenvalue weighted by Gasteiger charge is 2.15. The second-order valence-electron chi connectivity index (χ2n) is 4.81. The molecule has 0 bridgehead atoms. The van der Waals surface area contributed by atoms with E-state index in [1.807, 2.05) is 49.4 Å². The SMILES string of the molecule is COc1cc(OCc2ccccc2)c([C@H](C)N)cc1OC. The molecule has 0 saturated carbocycles. The Kier molecular flexibility index (Phi) is 5.06. The van der Waals surface area contributed by atoms with E-state index < -0.39 is 0 Å². The normalized spacial score (nSPS) is 11.8. The van der Waals surface area contributed by atoms with Crippen LogP contribution in [0.3, 0.4) is 0 Å². The maximum atomic E-state index is 6.02. The molecule has 2 rings (SSSR count). The van der Waals surface area contributed by atoms with Crippen LogP contribution in [0.4, 0.5) is 0 Å². The quantitative estimate of drug-likeness (QED) is 0.885. The number of ether oxygens (including phenoxy) is 3. The largest absolute Gasteiger partial charge is 0.493 e. The molecule has 2 N–H and O–H groups in total. The van der Waals surface area contributed by atoms with Crippen molar-refractivity contribution < 1.29 is 14.2 Å². The number of methoxy groups -OCH3 is 2. The fraction of sp³-hybridized carbons (Fsp3) is 0.294. The third-order valence-electron chi connectivity index (χ3n) is 3.24. The Hall–Kier alpha value is -2.20. The minimum atomic E-state index is -0.157. The van der Waals surface area contributed by atoms with E-state index >= 15 is 0 Å². The Labute approximate surface area is 125 Å². The Morgan fingerprint density at radius 2 is 1.57 bits per heavy atom. The summed E-state index contributed by atoms with van der Waals surface area (Å²) in [5.41, 5.74) is 8.01. The van der Waals surface area contributed by atoms with E-state index in [0.717, 1.165) is 11.1 Å². The van der Waals surface area contributed by atoms with Gasteiger partial charge in [-0.1, -0.05) is 30.3 Å². The van der Waals surface area contributed by atoms with E-state index in [-0.39, 0.29) is 6.04 Å². The van der Waals surface area contributed by atoms with Crippen molar-refractivity contribution in [3.05, 3.63) is 53.6 Å². The predicted octanol–water partition coefficient (Wildman–Crippen LogP) is 3.30. The topological polar surface area (TPSA) is 53.7 Å².